The quantitative estimate of drug-likeness (QED) is 0.456. The third kappa shape index (κ3) is 3.28. The van der Waals surface area contributed by atoms with E-state index in [-0.39, 0.29) is 0 Å². The monoisotopic (exact) mass is 376 g/mol. The summed E-state index contributed by atoms with van der Waals surface area (Å²) < 4.78 is 2.05. The summed E-state index contributed by atoms with van der Waals surface area (Å²) in [4.78, 5) is 13.8. The average molecular weight is 376 g/mol. The number of nitrogens with zero attached hydrogens (tertiary/aromatic N) is 5. The fraction of sp³-hybridized carbons (Fsp3) is 0.300. The fourth-order valence-electron chi connectivity index (χ4n) is 3.33. The highest BCUT2D eigenvalue weighted by Crippen LogP contribution is 2.28. The van der Waals surface area contributed by atoms with Gasteiger partial charge in [-0.05, 0) is 18.9 Å². The SMILES string of the molecule is CCCc1cn[nH]c1-c1nc2c(N)nc(NCc3ccccc3)nc2n1CC. The van der Waals surface area contributed by atoms with Gasteiger partial charge in [-0.15, -0.1) is 0 Å². The molecule has 0 spiro atoms. The van der Waals surface area contributed by atoms with Crippen LogP contribution in [0, 0.1) is 0 Å². The standard InChI is InChI=1S/C20H24N8/c1-3-8-14-12-23-27-15(14)18-24-16-17(21)25-20(26-19(16)28(18)4-2)22-11-13-9-6-5-7-10-13/h5-7,9-10,12H,3-4,8,11H2,1-2H3,(H,23,27)(H3,21,22,25,26). The van der Waals surface area contributed by atoms with Gasteiger partial charge in [-0.3, -0.25) is 5.10 Å². The molecule has 0 saturated heterocycles. The number of nitrogen functional groups attached to an aromatic ring is 1. The molecule has 3 heterocycles. The van der Waals surface area contributed by atoms with Crippen molar-refractivity contribution in [1.29, 1.82) is 0 Å². The molecule has 28 heavy (non-hydrogen) atoms. The predicted octanol–water partition coefficient (Wildman–Crippen LogP) is 3.38. The fourth-order valence-corrected chi connectivity index (χ4v) is 3.33. The zero-order chi connectivity index (χ0) is 19.5. The van der Waals surface area contributed by atoms with Gasteiger partial charge in [0.05, 0.1) is 6.20 Å². The van der Waals surface area contributed by atoms with Gasteiger partial charge in [0.1, 0.15) is 5.69 Å². The number of hydrogen-bond acceptors (Lipinski definition) is 6. The van der Waals surface area contributed by atoms with E-state index in [9.17, 15) is 0 Å². The first kappa shape index (κ1) is 18.0. The number of aromatic nitrogens is 6. The summed E-state index contributed by atoms with van der Waals surface area (Å²) in [5, 5.41) is 10.6. The number of fused-ring (bicyclic) bond motifs is 1. The minimum Gasteiger partial charge on any atom is -0.382 e. The van der Waals surface area contributed by atoms with Crippen LogP contribution in [0.1, 0.15) is 31.4 Å². The minimum atomic E-state index is 0.366. The van der Waals surface area contributed by atoms with Crippen LogP contribution in [0.5, 0.6) is 0 Å². The van der Waals surface area contributed by atoms with Gasteiger partial charge in [-0.2, -0.15) is 15.1 Å². The average Bonchev–Trinajstić information content (AvgIpc) is 3.31. The van der Waals surface area contributed by atoms with Crippen molar-refractivity contribution in [1.82, 2.24) is 29.7 Å². The van der Waals surface area contributed by atoms with E-state index in [0.29, 0.717) is 30.4 Å². The molecule has 4 rings (SSSR count). The number of benzene rings is 1. The van der Waals surface area contributed by atoms with E-state index in [0.717, 1.165) is 41.1 Å². The van der Waals surface area contributed by atoms with E-state index in [2.05, 4.69) is 46.5 Å². The lowest BCUT2D eigenvalue weighted by atomic mass is 10.1. The number of nitrogens with two attached hydrogens (primary N) is 1. The van der Waals surface area contributed by atoms with Gasteiger partial charge in [0.15, 0.2) is 22.8 Å². The third-order valence-corrected chi connectivity index (χ3v) is 4.69. The Morgan fingerprint density at radius 3 is 2.68 bits per heavy atom. The maximum Gasteiger partial charge on any atom is 0.227 e. The Kier molecular flexibility index (Phi) is 4.92. The Morgan fingerprint density at radius 1 is 1.11 bits per heavy atom. The predicted molar refractivity (Wildman–Crippen MR) is 111 cm³/mol. The second-order valence-corrected chi connectivity index (χ2v) is 6.64. The number of hydrogen-bond donors (Lipinski definition) is 3. The molecule has 0 saturated carbocycles. The first-order valence-electron chi connectivity index (χ1n) is 9.55. The Hall–Kier alpha value is -3.42. The first-order chi connectivity index (χ1) is 13.7. The molecule has 0 fully saturated rings. The van der Waals surface area contributed by atoms with Crippen LogP contribution in [0.4, 0.5) is 11.8 Å². The first-order valence-corrected chi connectivity index (χ1v) is 9.55. The summed E-state index contributed by atoms with van der Waals surface area (Å²) in [7, 11) is 0. The Labute approximate surface area is 163 Å². The zero-order valence-corrected chi connectivity index (χ0v) is 16.1. The van der Waals surface area contributed by atoms with Crippen LogP contribution in [0.3, 0.4) is 0 Å². The minimum absolute atomic E-state index is 0.366. The Balaban J connectivity index is 1.74. The summed E-state index contributed by atoms with van der Waals surface area (Å²) in [6.45, 7) is 5.55. The Bertz CT molecular complexity index is 1080. The van der Waals surface area contributed by atoms with E-state index >= 15 is 0 Å². The summed E-state index contributed by atoms with van der Waals surface area (Å²) in [5.74, 6) is 1.65. The number of aromatic amines is 1. The van der Waals surface area contributed by atoms with E-state index in [4.69, 9.17) is 15.7 Å². The number of rotatable bonds is 7. The maximum absolute atomic E-state index is 6.22. The highest BCUT2D eigenvalue weighted by atomic mass is 15.2. The molecule has 3 aromatic heterocycles. The van der Waals surface area contributed by atoms with Crippen LogP contribution in [0.2, 0.25) is 0 Å². The number of H-pyrrole nitrogens is 1. The second kappa shape index (κ2) is 7.67. The molecule has 0 radical (unpaired) electrons. The molecule has 8 nitrogen and oxygen atoms in total. The van der Waals surface area contributed by atoms with E-state index in [1.165, 1.54) is 0 Å². The second-order valence-electron chi connectivity index (χ2n) is 6.64. The number of imidazole rings is 1. The molecule has 0 amide bonds. The van der Waals surface area contributed by atoms with Crippen molar-refractivity contribution >= 4 is 22.9 Å². The highest BCUT2D eigenvalue weighted by molar-refractivity contribution is 5.86. The van der Waals surface area contributed by atoms with E-state index in [1.54, 1.807) is 0 Å². The number of aryl methyl sites for hydroxylation is 2. The maximum atomic E-state index is 6.22. The normalized spacial score (nSPS) is 11.2. The summed E-state index contributed by atoms with van der Waals surface area (Å²) >= 11 is 0. The lowest BCUT2D eigenvalue weighted by Crippen LogP contribution is -2.07. The van der Waals surface area contributed by atoms with Crippen molar-refractivity contribution in [2.24, 2.45) is 0 Å². The number of anilines is 2. The van der Waals surface area contributed by atoms with Crippen LogP contribution in [-0.4, -0.2) is 29.7 Å². The van der Waals surface area contributed by atoms with Crippen LogP contribution >= 0.6 is 0 Å². The van der Waals surface area contributed by atoms with Gasteiger partial charge >= 0.3 is 0 Å². The lowest BCUT2D eigenvalue weighted by Gasteiger charge is -2.08. The zero-order valence-electron chi connectivity index (χ0n) is 16.1. The molecule has 0 aliphatic heterocycles. The molecule has 0 atom stereocenters. The smallest absolute Gasteiger partial charge is 0.227 e. The van der Waals surface area contributed by atoms with Crippen molar-refractivity contribution in [3.8, 4) is 11.5 Å². The van der Waals surface area contributed by atoms with Gasteiger partial charge in [-0.1, -0.05) is 43.7 Å². The van der Waals surface area contributed by atoms with Gasteiger partial charge < -0.3 is 15.6 Å². The summed E-state index contributed by atoms with van der Waals surface area (Å²) in [5.41, 5.74) is 10.8. The van der Waals surface area contributed by atoms with Crippen molar-refractivity contribution in [3.05, 3.63) is 47.7 Å². The van der Waals surface area contributed by atoms with Crippen molar-refractivity contribution in [3.63, 3.8) is 0 Å². The lowest BCUT2D eigenvalue weighted by molar-refractivity contribution is 0.780. The Morgan fingerprint density at radius 2 is 1.93 bits per heavy atom. The van der Waals surface area contributed by atoms with Crippen molar-refractivity contribution in [2.75, 3.05) is 11.1 Å². The third-order valence-electron chi connectivity index (χ3n) is 4.69. The summed E-state index contributed by atoms with van der Waals surface area (Å²) in [6.07, 6.45) is 3.83. The topological polar surface area (TPSA) is 110 Å². The molecule has 0 unspecified atom stereocenters. The molecule has 144 valence electrons. The highest BCUT2D eigenvalue weighted by Gasteiger charge is 2.20. The van der Waals surface area contributed by atoms with Crippen molar-refractivity contribution < 1.29 is 0 Å². The van der Waals surface area contributed by atoms with Crippen LogP contribution < -0.4 is 11.1 Å². The largest absolute Gasteiger partial charge is 0.382 e. The molecular weight excluding hydrogens is 352 g/mol. The van der Waals surface area contributed by atoms with Gasteiger partial charge in [-0.25, -0.2) is 4.98 Å². The molecule has 1 aromatic carbocycles. The van der Waals surface area contributed by atoms with Crippen LogP contribution in [-0.2, 0) is 19.5 Å². The number of nitrogens with one attached hydrogen (secondary N) is 2. The molecule has 4 aromatic rings. The molecule has 0 aliphatic carbocycles. The molecular formula is C20H24N8. The molecule has 4 N–H and O–H groups in total. The van der Waals surface area contributed by atoms with Crippen LogP contribution in [0.15, 0.2) is 36.5 Å². The van der Waals surface area contributed by atoms with Crippen molar-refractivity contribution in [2.45, 2.75) is 39.8 Å². The van der Waals surface area contributed by atoms with Gasteiger partial charge in [0.25, 0.3) is 0 Å². The molecule has 0 aliphatic rings. The molecule has 0 bridgehead atoms. The van der Waals surface area contributed by atoms with Gasteiger partial charge in [0, 0.05) is 18.7 Å². The van der Waals surface area contributed by atoms with Gasteiger partial charge in [0.2, 0.25) is 5.95 Å². The summed E-state index contributed by atoms with van der Waals surface area (Å²) in [6, 6.07) is 10.1. The van der Waals surface area contributed by atoms with Crippen LogP contribution in [0.25, 0.3) is 22.7 Å². The van der Waals surface area contributed by atoms with E-state index in [1.807, 2.05) is 29.0 Å². The molecule has 8 heteroatoms. The van der Waals surface area contributed by atoms with E-state index < -0.39 is 0 Å².